The second kappa shape index (κ2) is 4.95. The molecular weight excluding hydrogens is 406 g/mol. The molecular formula is C13H7BrClN5O2S. The predicted molar refractivity (Wildman–Crippen MR) is 93.2 cm³/mol. The molecule has 10 heteroatoms. The molecule has 0 bridgehead atoms. The maximum atomic E-state index is 12.8. The normalized spacial score (nSPS) is 11.6. The van der Waals surface area contributed by atoms with Gasteiger partial charge in [0.1, 0.15) is 17.0 Å². The van der Waals surface area contributed by atoms with Gasteiger partial charge in [0.2, 0.25) is 0 Å². The minimum absolute atomic E-state index is 0.0127. The molecule has 116 valence electrons. The lowest BCUT2D eigenvalue weighted by molar-refractivity contribution is 0.473. The van der Waals surface area contributed by atoms with E-state index in [0.29, 0.717) is 25.7 Å². The lowest BCUT2D eigenvalue weighted by Crippen LogP contribution is -2.15. The number of nitrogen functional groups attached to an aromatic ring is 1. The lowest BCUT2D eigenvalue weighted by atomic mass is 10.1. The van der Waals surface area contributed by atoms with Crippen LogP contribution in [0.3, 0.4) is 0 Å². The summed E-state index contributed by atoms with van der Waals surface area (Å²) in [6, 6.07) is 3.15. The standard InChI is InChI=1S/C13H7BrClN5O2S/c14-6-2-4(15)1-5(9(6)21)7-3-23-13-17-11-8(10(16)18-19-11)12(22)20(7)13/h1-3,21H,(H3,16,18,19). The fourth-order valence-corrected chi connectivity index (χ4v) is 4.06. The average molecular weight is 413 g/mol. The van der Waals surface area contributed by atoms with E-state index in [0.717, 1.165) is 0 Å². The molecule has 0 spiro atoms. The number of fused-ring (bicyclic) bond motifs is 2. The molecule has 3 aromatic heterocycles. The number of halogens is 2. The summed E-state index contributed by atoms with van der Waals surface area (Å²) in [7, 11) is 0. The minimum Gasteiger partial charge on any atom is -0.506 e. The third-order valence-electron chi connectivity index (χ3n) is 3.41. The highest BCUT2D eigenvalue weighted by Crippen LogP contribution is 2.39. The molecule has 0 fully saturated rings. The number of thiazole rings is 1. The van der Waals surface area contributed by atoms with E-state index in [4.69, 9.17) is 17.3 Å². The van der Waals surface area contributed by atoms with Crippen LogP contribution in [0, 0.1) is 0 Å². The second-order valence-corrected chi connectivity index (χ2v) is 6.90. The number of aromatic amines is 1. The number of hydrogen-bond acceptors (Lipinski definition) is 6. The van der Waals surface area contributed by atoms with Gasteiger partial charge in [-0.25, -0.2) is 0 Å². The summed E-state index contributed by atoms with van der Waals surface area (Å²) in [5.74, 6) is 0.141. The molecule has 0 saturated carbocycles. The number of nitrogens with two attached hydrogens (primary N) is 1. The molecule has 0 saturated heterocycles. The van der Waals surface area contributed by atoms with Crippen molar-refractivity contribution in [2.75, 3.05) is 5.73 Å². The first-order chi connectivity index (χ1) is 11.0. The molecule has 4 rings (SSSR count). The Labute approximate surface area is 145 Å². The number of H-pyrrole nitrogens is 1. The van der Waals surface area contributed by atoms with E-state index in [-0.39, 0.29) is 28.2 Å². The van der Waals surface area contributed by atoms with Crippen LogP contribution >= 0.6 is 38.9 Å². The monoisotopic (exact) mass is 411 g/mol. The Balaban J connectivity index is 2.16. The fraction of sp³-hybridized carbons (Fsp3) is 0. The van der Waals surface area contributed by atoms with E-state index in [2.05, 4.69) is 31.1 Å². The first-order valence-corrected chi connectivity index (χ1v) is 8.34. The van der Waals surface area contributed by atoms with Gasteiger partial charge in [-0.15, -0.1) is 11.3 Å². The van der Waals surface area contributed by atoms with Gasteiger partial charge in [-0.2, -0.15) is 10.1 Å². The van der Waals surface area contributed by atoms with Gasteiger partial charge in [0.15, 0.2) is 10.6 Å². The molecule has 0 aliphatic heterocycles. The Bertz CT molecular complexity index is 1150. The largest absolute Gasteiger partial charge is 0.506 e. The Hall–Kier alpha value is -2.10. The molecule has 0 atom stereocenters. The smallest absolute Gasteiger partial charge is 0.272 e. The number of phenolic OH excluding ortho intramolecular Hbond substituents is 1. The van der Waals surface area contributed by atoms with Crippen molar-refractivity contribution in [3.63, 3.8) is 0 Å². The number of nitrogens with one attached hydrogen (secondary N) is 1. The van der Waals surface area contributed by atoms with Gasteiger partial charge in [-0.1, -0.05) is 11.6 Å². The van der Waals surface area contributed by atoms with E-state index < -0.39 is 0 Å². The van der Waals surface area contributed by atoms with Crippen LogP contribution in [0.2, 0.25) is 5.02 Å². The number of anilines is 1. The van der Waals surface area contributed by atoms with Gasteiger partial charge in [0.05, 0.1) is 10.2 Å². The summed E-state index contributed by atoms with van der Waals surface area (Å²) in [6.07, 6.45) is 0. The van der Waals surface area contributed by atoms with Crippen molar-refractivity contribution in [3.8, 4) is 17.0 Å². The van der Waals surface area contributed by atoms with Crippen molar-refractivity contribution >= 4 is 60.7 Å². The molecule has 7 nitrogen and oxygen atoms in total. The second-order valence-electron chi connectivity index (χ2n) is 4.78. The van der Waals surface area contributed by atoms with Crippen molar-refractivity contribution < 1.29 is 5.11 Å². The van der Waals surface area contributed by atoms with Crippen LogP contribution in [0.25, 0.3) is 27.3 Å². The quantitative estimate of drug-likeness (QED) is 0.445. The fourth-order valence-electron chi connectivity index (χ4n) is 2.37. The Morgan fingerprint density at radius 1 is 1.43 bits per heavy atom. The summed E-state index contributed by atoms with van der Waals surface area (Å²) in [5, 5.41) is 19.1. The summed E-state index contributed by atoms with van der Waals surface area (Å²) in [4.78, 5) is 17.5. The maximum absolute atomic E-state index is 12.8. The number of nitrogens with zero attached hydrogens (tertiary/aromatic N) is 3. The minimum atomic E-state index is -0.358. The van der Waals surface area contributed by atoms with Gasteiger partial charge in [-0.05, 0) is 28.1 Å². The highest BCUT2D eigenvalue weighted by atomic mass is 79.9. The molecule has 3 heterocycles. The van der Waals surface area contributed by atoms with E-state index in [9.17, 15) is 9.90 Å². The molecule has 23 heavy (non-hydrogen) atoms. The molecule has 4 N–H and O–H groups in total. The lowest BCUT2D eigenvalue weighted by Gasteiger charge is -2.07. The number of benzene rings is 1. The highest BCUT2D eigenvalue weighted by molar-refractivity contribution is 9.10. The molecule has 0 radical (unpaired) electrons. The van der Waals surface area contributed by atoms with E-state index >= 15 is 0 Å². The third-order valence-corrected chi connectivity index (χ3v) is 5.05. The summed E-state index contributed by atoms with van der Waals surface area (Å²) >= 11 is 10.6. The summed E-state index contributed by atoms with van der Waals surface area (Å²) in [6.45, 7) is 0. The first-order valence-electron chi connectivity index (χ1n) is 6.29. The van der Waals surface area contributed by atoms with Crippen molar-refractivity contribution in [1.29, 1.82) is 0 Å². The number of aromatic hydroxyl groups is 1. The van der Waals surface area contributed by atoms with Crippen LogP contribution in [0.4, 0.5) is 5.82 Å². The van der Waals surface area contributed by atoms with Crippen LogP contribution in [-0.2, 0) is 0 Å². The highest BCUT2D eigenvalue weighted by Gasteiger charge is 2.19. The Kier molecular flexibility index (Phi) is 3.12. The zero-order chi connectivity index (χ0) is 16.3. The van der Waals surface area contributed by atoms with Crippen molar-refractivity contribution in [2.45, 2.75) is 0 Å². The van der Waals surface area contributed by atoms with Gasteiger partial charge in [0, 0.05) is 16.0 Å². The molecule has 4 aromatic rings. The number of aromatic nitrogens is 4. The van der Waals surface area contributed by atoms with Crippen LogP contribution in [0.1, 0.15) is 0 Å². The van der Waals surface area contributed by atoms with E-state index in [1.807, 2.05) is 0 Å². The topological polar surface area (TPSA) is 109 Å². The van der Waals surface area contributed by atoms with Gasteiger partial charge in [-0.3, -0.25) is 14.3 Å². The zero-order valence-electron chi connectivity index (χ0n) is 11.2. The predicted octanol–water partition coefficient (Wildman–Crippen LogP) is 3.00. The molecule has 0 amide bonds. The van der Waals surface area contributed by atoms with Crippen LogP contribution in [0.5, 0.6) is 5.75 Å². The maximum Gasteiger partial charge on any atom is 0.272 e. The molecule has 1 aromatic carbocycles. The molecule has 0 aliphatic rings. The van der Waals surface area contributed by atoms with Gasteiger partial charge >= 0.3 is 0 Å². The zero-order valence-corrected chi connectivity index (χ0v) is 14.3. The summed E-state index contributed by atoms with van der Waals surface area (Å²) in [5.41, 5.74) is 6.56. The van der Waals surface area contributed by atoms with Gasteiger partial charge < -0.3 is 10.8 Å². The SMILES string of the molecule is Nc1[nH]nc2nc3scc(-c4cc(Cl)cc(Br)c4O)n3c(=O)c12. The first kappa shape index (κ1) is 14.5. The van der Waals surface area contributed by atoms with E-state index in [1.165, 1.54) is 15.7 Å². The van der Waals surface area contributed by atoms with Crippen molar-refractivity contribution in [3.05, 3.63) is 37.4 Å². The molecule has 0 unspecified atom stereocenters. The Morgan fingerprint density at radius 2 is 2.22 bits per heavy atom. The number of phenols is 1. The van der Waals surface area contributed by atoms with Crippen LogP contribution in [-0.4, -0.2) is 24.7 Å². The molecule has 0 aliphatic carbocycles. The van der Waals surface area contributed by atoms with Crippen LogP contribution in [0.15, 0.2) is 26.8 Å². The summed E-state index contributed by atoms with van der Waals surface area (Å²) < 4.78 is 1.82. The van der Waals surface area contributed by atoms with Crippen molar-refractivity contribution in [2.24, 2.45) is 0 Å². The number of hydrogen-bond donors (Lipinski definition) is 3. The Morgan fingerprint density at radius 3 is 3.00 bits per heavy atom. The van der Waals surface area contributed by atoms with Gasteiger partial charge in [0.25, 0.3) is 5.56 Å². The third kappa shape index (κ3) is 2.04. The van der Waals surface area contributed by atoms with Crippen LogP contribution < -0.4 is 11.3 Å². The average Bonchev–Trinajstić information content (AvgIpc) is 3.08. The van der Waals surface area contributed by atoms with E-state index in [1.54, 1.807) is 17.5 Å². The number of rotatable bonds is 1. The van der Waals surface area contributed by atoms with Crippen molar-refractivity contribution in [1.82, 2.24) is 19.6 Å².